The van der Waals surface area contributed by atoms with Crippen molar-refractivity contribution in [2.45, 2.75) is 17.9 Å². The van der Waals surface area contributed by atoms with Crippen molar-refractivity contribution < 1.29 is 13.2 Å². The second-order valence-corrected chi connectivity index (χ2v) is 9.20. The second kappa shape index (κ2) is 8.40. The molecule has 4 rings (SSSR count). The first-order chi connectivity index (χ1) is 14.9. The standard InChI is InChI=1S/C25H24N2O3S/c1-18-13-15-21(16-14-18)31(28,29)27-23(17-26-25(27)20-9-5-4-6-10-20)19(2)22-11-7-8-12-24(22)30-3/h4-16,23H,2,17H2,1,3H3. The number of hydrogen-bond acceptors (Lipinski definition) is 4. The molecule has 3 aromatic rings. The number of aliphatic imine (C=N–C) groups is 1. The van der Waals surface area contributed by atoms with Crippen LogP contribution in [0.4, 0.5) is 0 Å². The fourth-order valence-electron chi connectivity index (χ4n) is 3.72. The minimum absolute atomic E-state index is 0.224. The Hall–Kier alpha value is -3.38. The fourth-order valence-corrected chi connectivity index (χ4v) is 5.34. The van der Waals surface area contributed by atoms with Gasteiger partial charge < -0.3 is 4.74 Å². The van der Waals surface area contributed by atoms with Crippen LogP contribution in [0.5, 0.6) is 5.75 Å². The van der Waals surface area contributed by atoms with E-state index in [2.05, 4.69) is 11.6 Å². The molecular weight excluding hydrogens is 408 g/mol. The smallest absolute Gasteiger partial charge is 0.266 e. The molecule has 0 bridgehead atoms. The molecule has 0 N–H and O–H groups in total. The lowest BCUT2D eigenvalue weighted by Gasteiger charge is -2.29. The molecule has 1 atom stereocenters. The van der Waals surface area contributed by atoms with E-state index in [1.54, 1.807) is 31.4 Å². The maximum atomic E-state index is 13.8. The van der Waals surface area contributed by atoms with Crippen LogP contribution in [-0.2, 0) is 10.0 Å². The number of nitrogens with zero attached hydrogens (tertiary/aromatic N) is 2. The van der Waals surface area contributed by atoms with E-state index in [9.17, 15) is 8.42 Å². The number of rotatable bonds is 6. The van der Waals surface area contributed by atoms with Crippen molar-refractivity contribution in [2.24, 2.45) is 4.99 Å². The van der Waals surface area contributed by atoms with Crippen LogP contribution < -0.4 is 4.74 Å². The van der Waals surface area contributed by atoms with Gasteiger partial charge in [-0.05, 0) is 30.7 Å². The molecule has 3 aromatic carbocycles. The summed E-state index contributed by atoms with van der Waals surface area (Å²) in [4.78, 5) is 4.87. The first-order valence-corrected chi connectivity index (χ1v) is 11.4. The Balaban J connectivity index is 1.82. The zero-order valence-corrected chi connectivity index (χ0v) is 18.3. The zero-order valence-electron chi connectivity index (χ0n) is 17.5. The van der Waals surface area contributed by atoms with E-state index in [-0.39, 0.29) is 11.4 Å². The Kier molecular flexibility index (Phi) is 5.65. The Morgan fingerprint density at radius 1 is 1.00 bits per heavy atom. The van der Waals surface area contributed by atoms with Crippen molar-refractivity contribution in [2.75, 3.05) is 13.7 Å². The van der Waals surface area contributed by atoms with Crippen LogP contribution in [0.15, 0.2) is 95.3 Å². The average Bonchev–Trinajstić information content (AvgIpc) is 3.25. The quantitative estimate of drug-likeness (QED) is 0.575. The molecule has 0 saturated heterocycles. The highest BCUT2D eigenvalue weighted by Crippen LogP contribution is 2.35. The number of ether oxygens (including phenoxy) is 1. The summed E-state index contributed by atoms with van der Waals surface area (Å²) < 4.78 is 34.5. The molecule has 1 heterocycles. The molecule has 158 valence electrons. The molecule has 0 spiro atoms. The Bertz CT molecular complexity index is 1230. The van der Waals surface area contributed by atoms with E-state index in [4.69, 9.17) is 4.74 Å². The Morgan fingerprint density at radius 2 is 1.65 bits per heavy atom. The summed E-state index contributed by atoms with van der Waals surface area (Å²) in [6, 6.07) is 23.2. The van der Waals surface area contributed by atoms with Crippen LogP contribution in [-0.4, -0.2) is 38.3 Å². The fraction of sp³-hybridized carbons (Fsp3) is 0.160. The molecule has 0 fully saturated rings. The van der Waals surface area contributed by atoms with Gasteiger partial charge in [-0.1, -0.05) is 72.8 Å². The minimum Gasteiger partial charge on any atom is -0.496 e. The third-order valence-corrected chi connectivity index (χ3v) is 7.18. The van der Waals surface area contributed by atoms with Gasteiger partial charge in [0.2, 0.25) is 0 Å². The minimum atomic E-state index is -3.87. The molecule has 0 amide bonds. The number of aryl methyl sites for hydroxylation is 1. The van der Waals surface area contributed by atoms with Gasteiger partial charge in [0.05, 0.1) is 24.6 Å². The Labute approximate surface area is 183 Å². The maximum Gasteiger partial charge on any atom is 0.266 e. The van der Waals surface area contributed by atoms with E-state index < -0.39 is 16.1 Å². The van der Waals surface area contributed by atoms with E-state index >= 15 is 0 Å². The number of benzene rings is 3. The molecule has 6 heteroatoms. The van der Waals surface area contributed by atoms with Crippen LogP contribution in [0.25, 0.3) is 5.57 Å². The molecule has 1 aliphatic heterocycles. The van der Waals surface area contributed by atoms with Crippen molar-refractivity contribution >= 4 is 21.4 Å². The lowest BCUT2D eigenvalue weighted by atomic mass is 9.99. The van der Waals surface area contributed by atoms with Gasteiger partial charge in [0.25, 0.3) is 10.0 Å². The zero-order chi connectivity index (χ0) is 22.0. The molecule has 1 unspecified atom stereocenters. The molecule has 1 aliphatic rings. The van der Waals surface area contributed by atoms with Crippen molar-refractivity contribution in [3.8, 4) is 5.75 Å². The highest BCUT2D eigenvalue weighted by atomic mass is 32.2. The highest BCUT2D eigenvalue weighted by molar-refractivity contribution is 7.89. The summed E-state index contributed by atoms with van der Waals surface area (Å²) in [6.07, 6.45) is 0. The van der Waals surface area contributed by atoms with Crippen molar-refractivity contribution in [3.05, 3.63) is 102 Å². The SMILES string of the molecule is C=C(c1ccccc1OC)C1CN=C(c2ccccc2)N1S(=O)(=O)c1ccc(C)cc1. The monoisotopic (exact) mass is 432 g/mol. The van der Waals surface area contributed by atoms with E-state index in [1.807, 2.05) is 61.5 Å². The first kappa shape index (κ1) is 20.9. The first-order valence-electron chi connectivity index (χ1n) is 9.96. The maximum absolute atomic E-state index is 13.8. The summed E-state index contributed by atoms with van der Waals surface area (Å²) in [6.45, 7) is 6.47. The predicted molar refractivity (Wildman–Crippen MR) is 124 cm³/mol. The van der Waals surface area contributed by atoms with E-state index in [1.165, 1.54) is 4.31 Å². The molecule has 0 aliphatic carbocycles. The Morgan fingerprint density at radius 3 is 2.32 bits per heavy atom. The van der Waals surface area contributed by atoms with Crippen LogP contribution >= 0.6 is 0 Å². The number of para-hydroxylation sites is 1. The highest BCUT2D eigenvalue weighted by Gasteiger charge is 2.40. The third kappa shape index (κ3) is 3.86. The van der Waals surface area contributed by atoms with Gasteiger partial charge in [-0.25, -0.2) is 12.7 Å². The van der Waals surface area contributed by atoms with Crippen molar-refractivity contribution in [1.82, 2.24) is 4.31 Å². The van der Waals surface area contributed by atoms with Crippen molar-refractivity contribution in [3.63, 3.8) is 0 Å². The number of sulfonamides is 1. The van der Waals surface area contributed by atoms with Crippen molar-refractivity contribution in [1.29, 1.82) is 0 Å². The van der Waals surface area contributed by atoms with Gasteiger partial charge in [-0.2, -0.15) is 0 Å². The normalized spacial score (nSPS) is 16.1. The van der Waals surface area contributed by atoms with Gasteiger partial charge in [0.1, 0.15) is 11.6 Å². The lowest BCUT2D eigenvalue weighted by Crippen LogP contribution is -2.42. The molecule has 0 saturated carbocycles. The third-order valence-electron chi connectivity index (χ3n) is 5.37. The predicted octanol–water partition coefficient (Wildman–Crippen LogP) is 4.54. The topological polar surface area (TPSA) is 59.0 Å². The van der Waals surface area contributed by atoms with E-state index in [0.29, 0.717) is 17.2 Å². The van der Waals surface area contributed by atoms with Gasteiger partial charge in [0.15, 0.2) is 0 Å². The number of methoxy groups -OCH3 is 1. The number of amidine groups is 1. The average molecular weight is 433 g/mol. The summed E-state index contributed by atoms with van der Waals surface area (Å²) in [5, 5.41) is 0. The van der Waals surface area contributed by atoms with Gasteiger partial charge in [-0.3, -0.25) is 4.99 Å². The van der Waals surface area contributed by atoms with Gasteiger partial charge in [0, 0.05) is 11.1 Å². The van der Waals surface area contributed by atoms with Crippen LogP contribution in [0.3, 0.4) is 0 Å². The largest absolute Gasteiger partial charge is 0.496 e. The summed E-state index contributed by atoms with van der Waals surface area (Å²) in [7, 11) is -2.28. The van der Waals surface area contributed by atoms with Crippen LogP contribution in [0.2, 0.25) is 0 Å². The molecular formula is C25H24N2O3S. The molecule has 0 radical (unpaired) electrons. The summed E-state index contributed by atoms with van der Waals surface area (Å²) >= 11 is 0. The second-order valence-electron chi connectivity index (χ2n) is 7.39. The molecule has 5 nitrogen and oxygen atoms in total. The molecule has 0 aromatic heterocycles. The van der Waals surface area contributed by atoms with Crippen LogP contribution in [0, 0.1) is 6.92 Å². The molecule has 31 heavy (non-hydrogen) atoms. The van der Waals surface area contributed by atoms with Crippen LogP contribution in [0.1, 0.15) is 16.7 Å². The lowest BCUT2D eigenvalue weighted by molar-refractivity contribution is 0.412. The summed E-state index contributed by atoms with van der Waals surface area (Å²) in [5.74, 6) is 1.07. The summed E-state index contributed by atoms with van der Waals surface area (Å²) in [5.41, 5.74) is 3.15. The van der Waals surface area contributed by atoms with Gasteiger partial charge >= 0.3 is 0 Å². The van der Waals surface area contributed by atoms with Gasteiger partial charge in [-0.15, -0.1) is 0 Å². The van der Waals surface area contributed by atoms with E-state index in [0.717, 1.165) is 16.7 Å². The number of hydrogen-bond donors (Lipinski definition) is 0.